The van der Waals surface area contributed by atoms with E-state index in [1.807, 2.05) is 14.0 Å². The predicted octanol–water partition coefficient (Wildman–Crippen LogP) is 3.86. The lowest BCUT2D eigenvalue weighted by molar-refractivity contribution is 0.321. The van der Waals surface area contributed by atoms with Crippen molar-refractivity contribution in [3.05, 3.63) is 16.4 Å². The van der Waals surface area contributed by atoms with Gasteiger partial charge in [-0.3, -0.25) is 4.68 Å². The average molecular weight is 298 g/mol. The maximum atomic E-state index is 6.70. The maximum absolute atomic E-state index is 6.70. The molecule has 4 heteroatoms. The molecule has 3 nitrogen and oxygen atoms in total. The number of nitrogens with zero attached hydrogens (tertiary/aromatic N) is 2. The van der Waals surface area contributed by atoms with Gasteiger partial charge < -0.3 is 5.73 Å². The first kappa shape index (κ1) is 15.8. The van der Waals surface area contributed by atoms with Gasteiger partial charge in [-0.05, 0) is 44.4 Å². The van der Waals surface area contributed by atoms with Crippen LogP contribution >= 0.6 is 11.6 Å². The third kappa shape index (κ3) is 3.37. The third-order valence-electron chi connectivity index (χ3n) is 5.00. The minimum Gasteiger partial charge on any atom is -0.325 e. The summed E-state index contributed by atoms with van der Waals surface area (Å²) in [4.78, 5) is 0. The molecule has 2 N–H and O–H groups in total. The van der Waals surface area contributed by atoms with Crippen molar-refractivity contribution in [1.82, 2.24) is 9.78 Å². The zero-order chi connectivity index (χ0) is 14.9. The fourth-order valence-corrected chi connectivity index (χ4v) is 3.77. The molecular weight excluding hydrogens is 270 g/mol. The van der Waals surface area contributed by atoms with E-state index in [0.717, 1.165) is 47.5 Å². The van der Waals surface area contributed by atoms with E-state index in [9.17, 15) is 0 Å². The Kier molecular flexibility index (Phi) is 4.80. The Morgan fingerprint density at radius 1 is 1.40 bits per heavy atom. The molecule has 0 aliphatic heterocycles. The fraction of sp³-hybridized carbons (Fsp3) is 0.812. The number of hydrogen-bond donors (Lipinski definition) is 1. The Morgan fingerprint density at radius 2 is 2.10 bits per heavy atom. The summed E-state index contributed by atoms with van der Waals surface area (Å²) in [5.41, 5.74) is 8.75. The molecule has 114 valence electrons. The van der Waals surface area contributed by atoms with Crippen LogP contribution < -0.4 is 5.73 Å². The molecule has 2 rings (SSSR count). The number of halogens is 1. The van der Waals surface area contributed by atoms with Gasteiger partial charge in [0.1, 0.15) is 5.15 Å². The van der Waals surface area contributed by atoms with Crippen LogP contribution in [0.3, 0.4) is 0 Å². The topological polar surface area (TPSA) is 43.8 Å². The van der Waals surface area contributed by atoms with E-state index in [1.165, 1.54) is 19.3 Å². The fourth-order valence-electron chi connectivity index (χ4n) is 3.53. The standard InChI is InChI=1S/C16H28ClN3/c1-11(2)13-6-5-8-16(18,9-7-13)10-14-12(3)19-20(4)15(14)17/h11,13H,5-10,18H2,1-4H3. The van der Waals surface area contributed by atoms with Gasteiger partial charge in [-0.25, -0.2) is 0 Å². The van der Waals surface area contributed by atoms with E-state index in [1.54, 1.807) is 4.68 Å². The highest BCUT2D eigenvalue weighted by atomic mass is 35.5. The second-order valence-corrected chi connectivity index (χ2v) is 7.31. The molecule has 0 saturated heterocycles. The van der Waals surface area contributed by atoms with Gasteiger partial charge in [-0.2, -0.15) is 5.10 Å². The SMILES string of the molecule is Cc1nn(C)c(Cl)c1CC1(N)CCCC(C(C)C)CC1. The summed E-state index contributed by atoms with van der Waals surface area (Å²) in [6.07, 6.45) is 6.84. The van der Waals surface area contributed by atoms with Crippen LogP contribution in [0.5, 0.6) is 0 Å². The van der Waals surface area contributed by atoms with Crippen LogP contribution in [-0.2, 0) is 13.5 Å². The summed E-state index contributed by atoms with van der Waals surface area (Å²) < 4.78 is 1.75. The van der Waals surface area contributed by atoms with Crippen LogP contribution in [0.2, 0.25) is 5.15 Å². The van der Waals surface area contributed by atoms with Gasteiger partial charge in [0.05, 0.1) is 5.69 Å². The second-order valence-electron chi connectivity index (χ2n) is 6.95. The van der Waals surface area contributed by atoms with Gasteiger partial charge in [0.25, 0.3) is 0 Å². The van der Waals surface area contributed by atoms with Crippen molar-refractivity contribution >= 4 is 11.6 Å². The van der Waals surface area contributed by atoms with Gasteiger partial charge in [-0.15, -0.1) is 0 Å². The van der Waals surface area contributed by atoms with Crippen LogP contribution in [0.4, 0.5) is 0 Å². The normalized spacial score (nSPS) is 27.9. The summed E-state index contributed by atoms with van der Waals surface area (Å²) in [5.74, 6) is 1.59. The lowest BCUT2D eigenvalue weighted by atomic mass is 9.83. The van der Waals surface area contributed by atoms with Crippen molar-refractivity contribution in [2.45, 2.75) is 64.8 Å². The number of nitrogens with two attached hydrogens (primary N) is 1. The first-order chi connectivity index (χ1) is 9.32. The Balaban J connectivity index is 2.11. The molecule has 1 fully saturated rings. The molecule has 1 saturated carbocycles. The molecule has 2 unspecified atom stereocenters. The number of aromatic nitrogens is 2. The van der Waals surface area contributed by atoms with E-state index < -0.39 is 0 Å². The summed E-state index contributed by atoms with van der Waals surface area (Å²) >= 11 is 6.36. The Bertz CT molecular complexity index is 467. The molecule has 0 radical (unpaired) electrons. The monoisotopic (exact) mass is 297 g/mol. The quantitative estimate of drug-likeness (QED) is 0.861. The number of aryl methyl sites for hydroxylation is 2. The average Bonchev–Trinajstić information content (AvgIpc) is 2.56. The largest absolute Gasteiger partial charge is 0.325 e. The maximum Gasteiger partial charge on any atom is 0.130 e. The molecule has 1 heterocycles. The molecule has 1 aromatic rings. The molecular formula is C16H28ClN3. The summed E-state index contributed by atoms with van der Waals surface area (Å²) in [5, 5.41) is 5.15. The van der Waals surface area contributed by atoms with Gasteiger partial charge in [0.15, 0.2) is 0 Å². The number of rotatable bonds is 3. The van der Waals surface area contributed by atoms with E-state index in [4.69, 9.17) is 17.3 Å². The molecule has 20 heavy (non-hydrogen) atoms. The van der Waals surface area contributed by atoms with Crippen molar-refractivity contribution in [2.75, 3.05) is 0 Å². The van der Waals surface area contributed by atoms with Crippen LogP contribution in [0.15, 0.2) is 0 Å². The lowest BCUT2D eigenvalue weighted by Crippen LogP contribution is -2.41. The minimum absolute atomic E-state index is 0.110. The van der Waals surface area contributed by atoms with E-state index >= 15 is 0 Å². The highest BCUT2D eigenvalue weighted by molar-refractivity contribution is 6.30. The second kappa shape index (κ2) is 6.07. The van der Waals surface area contributed by atoms with Crippen molar-refractivity contribution < 1.29 is 0 Å². The summed E-state index contributed by atoms with van der Waals surface area (Å²) in [7, 11) is 1.89. The third-order valence-corrected chi connectivity index (χ3v) is 5.48. The zero-order valence-corrected chi connectivity index (χ0v) is 14.0. The Labute approximate surface area is 127 Å². The first-order valence-electron chi connectivity index (χ1n) is 7.79. The molecule has 1 aliphatic rings. The van der Waals surface area contributed by atoms with E-state index in [0.29, 0.717) is 0 Å². The highest BCUT2D eigenvalue weighted by Crippen LogP contribution is 2.36. The van der Waals surface area contributed by atoms with Gasteiger partial charge in [0, 0.05) is 18.2 Å². The van der Waals surface area contributed by atoms with Crippen LogP contribution in [0.1, 0.15) is 57.2 Å². The van der Waals surface area contributed by atoms with Crippen molar-refractivity contribution in [1.29, 1.82) is 0 Å². The molecule has 0 spiro atoms. The molecule has 0 amide bonds. The van der Waals surface area contributed by atoms with Crippen molar-refractivity contribution in [3.8, 4) is 0 Å². The molecule has 2 atom stereocenters. The van der Waals surface area contributed by atoms with Gasteiger partial charge >= 0.3 is 0 Å². The zero-order valence-electron chi connectivity index (χ0n) is 13.2. The van der Waals surface area contributed by atoms with Crippen LogP contribution in [0, 0.1) is 18.8 Å². The van der Waals surface area contributed by atoms with E-state index in [-0.39, 0.29) is 5.54 Å². The summed E-state index contributed by atoms with van der Waals surface area (Å²) in [6.45, 7) is 6.69. The van der Waals surface area contributed by atoms with Crippen LogP contribution in [0.25, 0.3) is 0 Å². The van der Waals surface area contributed by atoms with Crippen molar-refractivity contribution in [3.63, 3.8) is 0 Å². The summed E-state index contributed by atoms with van der Waals surface area (Å²) in [6, 6.07) is 0. The smallest absolute Gasteiger partial charge is 0.130 e. The molecule has 0 aromatic carbocycles. The Morgan fingerprint density at radius 3 is 2.65 bits per heavy atom. The minimum atomic E-state index is -0.110. The Hall–Kier alpha value is -0.540. The molecule has 1 aliphatic carbocycles. The lowest BCUT2D eigenvalue weighted by Gasteiger charge is -2.28. The van der Waals surface area contributed by atoms with Gasteiger partial charge in [0.2, 0.25) is 0 Å². The first-order valence-corrected chi connectivity index (χ1v) is 8.17. The van der Waals surface area contributed by atoms with Gasteiger partial charge in [-0.1, -0.05) is 38.3 Å². The van der Waals surface area contributed by atoms with Crippen LogP contribution in [-0.4, -0.2) is 15.3 Å². The highest BCUT2D eigenvalue weighted by Gasteiger charge is 2.32. The molecule has 1 aromatic heterocycles. The number of hydrogen-bond acceptors (Lipinski definition) is 2. The predicted molar refractivity (Wildman–Crippen MR) is 85.0 cm³/mol. The molecule has 0 bridgehead atoms. The van der Waals surface area contributed by atoms with Crippen molar-refractivity contribution in [2.24, 2.45) is 24.6 Å². The van der Waals surface area contributed by atoms with E-state index in [2.05, 4.69) is 18.9 Å².